The van der Waals surface area contributed by atoms with Crippen molar-refractivity contribution in [2.75, 3.05) is 26.9 Å². The highest BCUT2D eigenvalue weighted by Gasteiger charge is 2.38. The summed E-state index contributed by atoms with van der Waals surface area (Å²) < 4.78 is 16.7. The van der Waals surface area contributed by atoms with Crippen molar-refractivity contribution < 1.29 is 23.8 Å². The maximum Gasteiger partial charge on any atom is 0.252 e. The number of hydrogen-bond donors (Lipinski definition) is 2. The number of methoxy groups -OCH3 is 1. The second kappa shape index (κ2) is 8.24. The summed E-state index contributed by atoms with van der Waals surface area (Å²) in [7, 11) is 1.48. The topological polar surface area (TPSA) is 113 Å². The van der Waals surface area contributed by atoms with E-state index in [1.54, 1.807) is 24.4 Å². The van der Waals surface area contributed by atoms with Crippen LogP contribution in [0.3, 0.4) is 0 Å². The number of fused-ring (bicyclic) bond motifs is 1. The van der Waals surface area contributed by atoms with Crippen LogP contribution in [0.15, 0.2) is 24.4 Å². The molecule has 2 aliphatic rings. The quantitative estimate of drug-likeness (QED) is 0.764. The number of benzene rings is 1. The number of primary amides is 1. The molecule has 3 heterocycles. The summed E-state index contributed by atoms with van der Waals surface area (Å²) in [5, 5.41) is 4.55. The van der Waals surface area contributed by atoms with E-state index in [4.69, 9.17) is 19.9 Å². The van der Waals surface area contributed by atoms with Crippen LogP contribution in [0.4, 0.5) is 0 Å². The first kappa shape index (κ1) is 19.4. The van der Waals surface area contributed by atoms with Crippen molar-refractivity contribution >= 4 is 22.6 Å². The van der Waals surface area contributed by atoms with E-state index in [9.17, 15) is 9.59 Å². The molecule has 1 aromatic carbocycles. The van der Waals surface area contributed by atoms with Crippen molar-refractivity contribution in [2.24, 2.45) is 17.6 Å². The molecule has 4 rings (SSSR count). The lowest BCUT2D eigenvalue weighted by Gasteiger charge is -2.25. The molecule has 2 atom stereocenters. The van der Waals surface area contributed by atoms with Gasteiger partial charge in [0.05, 0.1) is 18.7 Å². The van der Waals surface area contributed by atoms with Gasteiger partial charge in [-0.25, -0.2) is 4.98 Å². The van der Waals surface area contributed by atoms with Crippen LogP contribution < -0.4 is 20.5 Å². The van der Waals surface area contributed by atoms with Gasteiger partial charge in [-0.15, -0.1) is 0 Å². The number of pyridine rings is 1. The van der Waals surface area contributed by atoms with Crippen molar-refractivity contribution in [1.29, 1.82) is 0 Å². The molecule has 0 radical (unpaired) electrons. The summed E-state index contributed by atoms with van der Waals surface area (Å²) >= 11 is 0. The Balaban J connectivity index is 1.48. The number of nitrogens with zero attached hydrogens (tertiary/aromatic N) is 1. The zero-order chi connectivity index (χ0) is 20.4. The average molecular weight is 399 g/mol. The fourth-order valence-electron chi connectivity index (χ4n) is 4.25. The molecule has 154 valence electrons. The molecule has 2 aromatic rings. The molecule has 2 fully saturated rings. The molecule has 0 saturated carbocycles. The van der Waals surface area contributed by atoms with Gasteiger partial charge in [0.1, 0.15) is 12.4 Å². The van der Waals surface area contributed by atoms with Crippen LogP contribution >= 0.6 is 0 Å². The third kappa shape index (κ3) is 3.98. The summed E-state index contributed by atoms with van der Waals surface area (Å²) in [6, 6.07) is 5.10. The van der Waals surface area contributed by atoms with E-state index >= 15 is 0 Å². The lowest BCUT2D eigenvalue weighted by Crippen LogP contribution is -2.32. The van der Waals surface area contributed by atoms with Gasteiger partial charge in [0.2, 0.25) is 11.8 Å². The van der Waals surface area contributed by atoms with Gasteiger partial charge in [-0.05, 0) is 48.8 Å². The summed E-state index contributed by atoms with van der Waals surface area (Å²) in [5.41, 5.74) is 5.74. The van der Waals surface area contributed by atoms with Crippen LogP contribution in [0.5, 0.6) is 11.6 Å². The van der Waals surface area contributed by atoms with Crippen LogP contribution in [0.2, 0.25) is 0 Å². The predicted octanol–water partition coefficient (Wildman–Crippen LogP) is 1.65. The van der Waals surface area contributed by atoms with Crippen LogP contribution in [0.1, 0.15) is 29.6 Å². The summed E-state index contributed by atoms with van der Waals surface area (Å²) in [4.78, 5) is 28.4. The Labute approximate surface area is 168 Å². The lowest BCUT2D eigenvalue weighted by atomic mass is 9.84. The minimum Gasteiger partial charge on any atom is -0.496 e. The van der Waals surface area contributed by atoms with E-state index in [1.165, 1.54) is 7.11 Å². The van der Waals surface area contributed by atoms with Gasteiger partial charge < -0.3 is 25.3 Å². The van der Waals surface area contributed by atoms with Crippen molar-refractivity contribution in [1.82, 2.24) is 10.3 Å². The van der Waals surface area contributed by atoms with E-state index in [1.807, 2.05) is 0 Å². The average Bonchev–Trinajstić information content (AvgIpc) is 3.12. The standard InChI is InChI=1S/C21H25N3O5/c1-27-18-10-16-13(8-17(18)19(22)25)2-5-23-21(16)29-11-14-9-15(20(26)24-14)12-3-6-28-7-4-12/h2,5,8,10,12,14-15H,3-4,6-7,9,11H2,1H3,(H2,22,25)(H,24,26)/t14-,15-/m0/s1. The monoisotopic (exact) mass is 399 g/mol. The van der Waals surface area contributed by atoms with Crippen molar-refractivity contribution in [3.63, 3.8) is 0 Å². The number of nitrogens with one attached hydrogen (secondary N) is 1. The molecule has 3 N–H and O–H groups in total. The molecule has 1 aromatic heterocycles. The normalized spacial score (nSPS) is 22.4. The Hall–Kier alpha value is -2.87. The molecule has 2 amide bonds. The zero-order valence-corrected chi connectivity index (χ0v) is 16.3. The first-order chi connectivity index (χ1) is 14.1. The van der Waals surface area contributed by atoms with E-state index in [2.05, 4.69) is 10.3 Å². The Morgan fingerprint density at radius 3 is 2.86 bits per heavy atom. The van der Waals surface area contributed by atoms with Crippen molar-refractivity contribution in [3.8, 4) is 11.6 Å². The fraction of sp³-hybridized carbons (Fsp3) is 0.476. The summed E-state index contributed by atoms with van der Waals surface area (Å²) in [5.74, 6) is 0.740. The molecule has 0 bridgehead atoms. The maximum absolute atomic E-state index is 12.4. The molecular formula is C21H25N3O5. The van der Waals surface area contributed by atoms with Crippen LogP contribution in [-0.2, 0) is 9.53 Å². The van der Waals surface area contributed by atoms with E-state index in [0.717, 1.165) is 43.2 Å². The number of carbonyl (C=O) groups excluding carboxylic acids is 2. The molecule has 2 aliphatic heterocycles. The van der Waals surface area contributed by atoms with E-state index < -0.39 is 5.91 Å². The minimum atomic E-state index is -0.559. The number of nitrogens with two attached hydrogens (primary N) is 1. The van der Waals surface area contributed by atoms with Gasteiger partial charge >= 0.3 is 0 Å². The third-order valence-corrected chi connectivity index (χ3v) is 5.79. The number of ether oxygens (including phenoxy) is 3. The summed E-state index contributed by atoms with van der Waals surface area (Å²) in [6.45, 7) is 1.78. The fourth-order valence-corrected chi connectivity index (χ4v) is 4.25. The largest absolute Gasteiger partial charge is 0.496 e. The number of aromatic nitrogens is 1. The van der Waals surface area contributed by atoms with E-state index in [-0.39, 0.29) is 17.9 Å². The molecule has 8 nitrogen and oxygen atoms in total. The van der Waals surface area contributed by atoms with Gasteiger partial charge in [0, 0.05) is 30.7 Å². The Kier molecular flexibility index (Phi) is 5.53. The number of carbonyl (C=O) groups is 2. The predicted molar refractivity (Wildman–Crippen MR) is 106 cm³/mol. The first-order valence-electron chi connectivity index (χ1n) is 9.84. The van der Waals surface area contributed by atoms with Crippen molar-refractivity contribution in [2.45, 2.75) is 25.3 Å². The van der Waals surface area contributed by atoms with Crippen molar-refractivity contribution in [3.05, 3.63) is 30.0 Å². The smallest absolute Gasteiger partial charge is 0.252 e. The zero-order valence-electron chi connectivity index (χ0n) is 16.3. The molecule has 8 heteroatoms. The highest BCUT2D eigenvalue weighted by Crippen LogP contribution is 2.33. The number of hydrogen-bond acceptors (Lipinski definition) is 6. The highest BCUT2D eigenvalue weighted by atomic mass is 16.5. The Morgan fingerprint density at radius 2 is 2.14 bits per heavy atom. The molecule has 2 saturated heterocycles. The van der Waals surface area contributed by atoms with Gasteiger partial charge in [-0.3, -0.25) is 9.59 Å². The van der Waals surface area contributed by atoms with Crippen LogP contribution in [0, 0.1) is 11.8 Å². The second-order valence-corrected chi connectivity index (χ2v) is 7.56. The Bertz CT molecular complexity index is 926. The Morgan fingerprint density at radius 1 is 1.34 bits per heavy atom. The molecule has 29 heavy (non-hydrogen) atoms. The third-order valence-electron chi connectivity index (χ3n) is 5.79. The molecule has 0 spiro atoms. The summed E-state index contributed by atoms with van der Waals surface area (Å²) in [6.07, 6.45) is 4.23. The molecular weight excluding hydrogens is 374 g/mol. The molecule has 0 aliphatic carbocycles. The number of rotatable bonds is 6. The highest BCUT2D eigenvalue weighted by molar-refractivity contribution is 6.01. The van der Waals surface area contributed by atoms with Crippen LogP contribution in [0.25, 0.3) is 10.8 Å². The van der Waals surface area contributed by atoms with Gasteiger partial charge in [0.25, 0.3) is 5.91 Å². The molecule has 0 unspecified atom stereocenters. The van der Waals surface area contributed by atoms with Gasteiger partial charge in [0.15, 0.2) is 0 Å². The first-order valence-corrected chi connectivity index (χ1v) is 9.84. The van der Waals surface area contributed by atoms with Gasteiger partial charge in [-0.1, -0.05) is 0 Å². The van der Waals surface area contributed by atoms with Crippen LogP contribution in [-0.4, -0.2) is 49.8 Å². The number of amides is 2. The SMILES string of the molecule is COc1cc2c(OC[C@@H]3C[C@@H](C4CCOCC4)C(=O)N3)nccc2cc1C(N)=O. The lowest BCUT2D eigenvalue weighted by molar-refractivity contribution is -0.125. The van der Waals surface area contributed by atoms with E-state index in [0.29, 0.717) is 29.7 Å². The minimum absolute atomic E-state index is 0.0196. The maximum atomic E-state index is 12.4. The van der Waals surface area contributed by atoms with Gasteiger partial charge in [-0.2, -0.15) is 0 Å². The second-order valence-electron chi connectivity index (χ2n) is 7.56.